The number of hydrogen-bond acceptors (Lipinski definition) is 3. The molecule has 6 heteroatoms. The molecular weight excluding hydrogens is 633 g/mol. The molecule has 1 radical (unpaired) electrons. The second-order valence-corrected chi connectivity index (χ2v) is 11.1. The average Bonchev–Trinajstić information content (AvgIpc) is 2.78. The Hall–Kier alpha value is -0.534. The first-order valence-electron chi connectivity index (χ1n) is 13.5. The maximum atomic E-state index is 3.78. The van der Waals surface area contributed by atoms with Crippen molar-refractivity contribution in [2.24, 2.45) is 0 Å². The third-order valence-electron chi connectivity index (χ3n) is 6.78. The van der Waals surface area contributed by atoms with E-state index in [1.807, 2.05) is 0 Å². The molecule has 0 unspecified atom stereocenters. The van der Waals surface area contributed by atoms with Gasteiger partial charge in [0.25, 0.3) is 0 Å². The minimum atomic E-state index is 0. The maximum absolute atomic E-state index is 3.78. The molecule has 0 fully saturated rings. The van der Waals surface area contributed by atoms with Crippen molar-refractivity contribution in [3.63, 3.8) is 0 Å². The Morgan fingerprint density at radius 1 is 0.568 bits per heavy atom. The Bertz CT molecular complexity index is 761. The molecule has 0 spiro atoms. The minimum absolute atomic E-state index is 0. The Balaban J connectivity index is 0. The van der Waals surface area contributed by atoms with Crippen LogP contribution in [0.5, 0.6) is 0 Å². The summed E-state index contributed by atoms with van der Waals surface area (Å²) in [5, 5.41) is 7.57. The molecule has 3 nitrogen and oxygen atoms in total. The van der Waals surface area contributed by atoms with Gasteiger partial charge in [-0.2, -0.15) is 0 Å². The Morgan fingerprint density at radius 2 is 0.838 bits per heavy atom. The van der Waals surface area contributed by atoms with Crippen LogP contribution in [0.1, 0.15) is 114 Å². The van der Waals surface area contributed by atoms with Gasteiger partial charge < -0.3 is 49.5 Å². The van der Waals surface area contributed by atoms with E-state index in [4.69, 9.17) is 0 Å². The number of benzene rings is 2. The normalized spacial score (nSPS) is 11.0. The summed E-state index contributed by atoms with van der Waals surface area (Å²) in [6.45, 7) is 22.6. The quantitative estimate of drug-likeness (QED) is 0.300. The Kier molecular flexibility index (Phi) is 20.4. The van der Waals surface area contributed by atoms with E-state index in [1.54, 1.807) is 0 Å². The Morgan fingerprint density at radius 3 is 1.08 bits per heavy atom. The first kappa shape index (κ1) is 38.6. The Labute approximate surface area is 260 Å². The molecule has 0 saturated carbocycles. The van der Waals surface area contributed by atoms with Crippen LogP contribution in [0.25, 0.3) is 0 Å². The second kappa shape index (κ2) is 19.5. The number of anilines is 2. The van der Waals surface area contributed by atoms with E-state index < -0.39 is 0 Å². The number of para-hydroxylation sites is 2. The van der Waals surface area contributed by atoms with Crippen LogP contribution in [-0.4, -0.2) is 38.1 Å². The van der Waals surface area contributed by atoms with Crippen molar-refractivity contribution in [1.82, 2.24) is 4.90 Å². The summed E-state index contributed by atoms with van der Waals surface area (Å²) in [6.07, 6.45) is 2.31. The van der Waals surface area contributed by atoms with Crippen LogP contribution >= 0.6 is 0 Å². The minimum Gasteiger partial charge on any atom is -1.00 e. The molecule has 0 heterocycles. The predicted octanol–water partition coefficient (Wildman–Crippen LogP) is 2.42. The number of halogens is 2. The number of rotatable bonds is 14. The smallest absolute Gasteiger partial charge is 1.00 e. The molecule has 0 atom stereocenters. The van der Waals surface area contributed by atoms with E-state index in [2.05, 4.69) is 114 Å². The topological polar surface area (TPSA) is 27.3 Å². The molecule has 0 aliphatic rings. The van der Waals surface area contributed by atoms with Gasteiger partial charge in [0.05, 0.1) is 0 Å². The van der Waals surface area contributed by atoms with Gasteiger partial charge in [-0.1, -0.05) is 91.8 Å². The van der Waals surface area contributed by atoms with Crippen LogP contribution in [0.3, 0.4) is 0 Å². The summed E-state index contributed by atoms with van der Waals surface area (Å²) < 4.78 is 0. The summed E-state index contributed by atoms with van der Waals surface area (Å²) in [4.78, 5) is 2.47. The van der Waals surface area contributed by atoms with Gasteiger partial charge in [-0.05, 0) is 78.9 Å². The van der Waals surface area contributed by atoms with Gasteiger partial charge in [0, 0.05) is 24.5 Å². The van der Waals surface area contributed by atoms with Crippen molar-refractivity contribution in [3.05, 3.63) is 58.7 Å². The molecule has 2 rings (SSSR count). The van der Waals surface area contributed by atoms with Crippen LogP contribution in [0.15, 0.2) is 36.4 Å². The van der Waals surface area contributed by atoms with Gasteiger partial charge in [-0.15, -0.1) is 0 Å². The third kappa shape index (κ3) is 12.0. The molecule has 2 aromatic carbocycles. The van der Waals surface area contributed by atoms with Crippen LogP contribution in [0, 0.1) is 0 Å². The van der Waals surface area contributed by atoms with E-state index in [9.17, 15) is 0 Å². The zero-order valence-electron chi connectivity index (χ0n) is 24.6. The van der Waals surface area contributed by atoms with Crippen LogP contribution < -0.4 is 44.6 Å². The van der Waals surface area contributed by atoms with E-state index in [0.717, 1.165) is 39.0 Å². The first-order valence-corrected chi connectivity index (χ1v) is 13.5. The molecule has 0 amide bonds. The van der Waals surface area contributed by atoms with Crippen molar-refractivity contribution >= 4 is 11.4 Å². The molecule has 2 aromatic rings. The van der Waals surface area contributed by atoms with Gasteiger partial charge in [0.1, 0.15) is 0 Å². The van der Waals surface area contributed by atoms with Crippen molar-refractivity contribution in [3.8, 4) is 0 Å². The molecular formula is C31H51Br2CoN3. The summed E-state index contributed by atoms with van der Waals surface area (Å²) in [5.74, 6) is 2.14. The molecule has 2 N–H and O–H groups in total. The molecule has 0 saturated heterocycles. The maximum Gasteiger partial charge on any atom is 2.00 e. The molecule has 213 valence electrons. The first-order chi connectivity index (χ1) is 16.1. The monoisotopic (exact) mass is 682 g/mol. The predicted molar refractivity (Wildman–Crippen MR) is 153 cm³/mol. The average molecular weight is 685 g/mol. The van der Waals surface area contributed by atoms with Crippen molar-refractivity contribution in [2.45, 2.75) is 91.9 Å². The molecule has 37 heavy (non-hydrogen) atoms. The van der Waals surface area contributed by atoms with E-state index >= 15 is 0 Å². The number of nitrogens with zero attached hydrogens (tertiary/aromatic N) is 1. The summed E-state index contributed by atoms with van der Waals surface area (Å²) in [6, 6.07) is 13.5. The number of nitrogens with one attached hydrogen (secondary N) is 2. The van der Waals surface area contributed by atoms with Crippen molar-refractivity contribution < 1.29 is 50.7 Å². The van der Waals surface area contributed by atoms with E-state index in [1.165, 1.54) is 33.6 Å². The fourth-order valence-electron chi connectivity index (χ4n) is 4.75. The fourth-order valence-corrected chi connectivity index (χ4v) is 4.75. The SMILES string of the molecule is CC(C)c1cccc(C(C)C)c1NCCCN(C)CCCNc1c(C(C)C)cccc1C(C)C.[Br-].[Br-].[Co+2]. The third-order valence-corrected chi connectivity index (χ3v) is 6.78. The van der Waals surface area contributed by atoms with Gasteiger partial charge in [-0.25, -0.2) is 0 Å². The van der Waals surface area contributed by atoms with Crippen LogP contribution in [0.4, 0.5) is 11.4 Å². The van der Waals surface area contributed by atoms with Gasteiger partial charge in [0.2, 0.25) is 0 Å². The van der Waals surface area contributed by atoms with Gasteiger partial charge in [0.15, 0.2) is 0 Å². The molecule has 0 aliphatic heterocycles. The van der Waals surface area contributed by atoms with Crippen molar-refractivity contribution in [2.75, 3.05) is 43.9 Å². The second-order valence-electron chi connectivity index (χ2n) is 11.1. The van der Waals surface area contributed by atoms with Crippen LogP contribution in [0.2, 0.25) is 0 Å². The fraction of sp³-hybridized carbons (Fsp3) is 0.613. The van der Waals surface area contributed by atoms with E-state index in [0.29, 0.717) is 23.7 Å². The number of hydrogen-bond donors (Lipinski definition) is 2. The zero-order chi connectivity index (χ0) is 25.3. The largest absolute Gasteiger partial charge is 2.00 e. The van der Waals surface area contributed by atoms with Gasteiger partial charge in [-0.3, -0.25) is 0 Å². The summed E-state index contributed by atoms with van der Waals surface area (Å²) in [7, 11) is 2.25. The zero-order valence-corrected chi connectivity index (χ0v) is 28.8. The molecule has 0 aromatic heterocycles. The summed E-state index contributed by atoms with van der Waals surface area (Å²) in [5.41, 5.74) is 8.48. The van der Waals surface area contributed by atoms with E-state index in [-0.39, 0.29) is 50.7 Å². The van der Waals surface area contributed by atoms with Crippen molar-refractivity contribution in [1.29, 1.82) is 0 Å². The van der Waals surface area contributed by atoms with Crippen LogP contribution in [-0.2, 0) is 16.8 Å². The molecule has 0 aliphatic carbocycles. The standard InChI is InChI=1S/C31H51N3.2BrH.Co/c1-22(2)26-14-10-15-27(23(3)4)30(26)32-18-12-20-34(9)21-13-19-33-31-28(24(5)6)16-11-17-29(31)25(7)8;;;/h10-11,14-17,22-25,32-33H,12-13,18-21H2,1-9H3;2*1H;/q;;;+2/p-2. The molecule has 0 bridgehead atoms. The van der Waals surface area contributed by atoms with Gasteiger partial charge >= 0.3 is 16.8 Å². The summed E-state index contributed by atoms with van der Waals surface area (Å²) >= 11 is 0.